The van der Waals surface area contributed by atoms with Crippen molar-refractivity contribution < 1.29 is 26.4 Å². The molecule has 1 N–H and O–H groups in total. The van der Waals surface area contributed by atoms with Gasteiger partial charge in [-0.05, 0) is 29.1 Å². The van der Waals surface area contributed by atoms with Crippen molar-refractivity contribution >= 4 is 27.3 Å². The second-order valence-electron chi connectivity index (χ2n) is 6.61. The second-order valence-corrected chi connectivity index (χ2v) is 9.55. The van der Waals surface area contributed by atoms with E-state index in [1.807, 2.05) is 17.5 Å². The van der Waals surface area contributed by atoms with E-state index in [0.717, 1.165) is 21.3 Å². The minimum Gasteiger partial charge on any atom is -0.350 e. The van der Waals surface area contributed by atoms with Crippen LogP contribution in [-0.2, 0) is 34.1 Å². The molecule has 164 valence electrons. The maximum Gasteiger partial charge on any atom is 0.417 e. The highest BCUT2D eigenvalue weighted by Crippen LogP contribution is 2.35. The van der Waals surface area contributed by atoms with Crippen LogP contribution in [0.3, 0.4) is 0 Å². The fourth-order valence-electron chi connectivity index (χ4n) is 2.89. The zero-order valence-corrected chi connectivity index (χ0v) is 17.8. The number of hydrogen-bond acceptors (Lipinski definition) is 4. The third-order valence-corrected chi connectivity index (χ3v) is 7.10. The first kappa shape index (κ1) is 23.0. The van der Waals surface area contributed by atoms with E-state index in [0.29, 0.717) is 11.6 Å². The summed E-state index contributed by atoms with van der Waals surface area (Å²) < 4.78 is 67.5. The lowest BCUT2D eigenvalue weighted by Gasteiger charge is -2.24. The summed E-state index contributed by atoms with van der Waals surface area (Å²) in [5, 5.41) is 4.45. The quantitative estimate of drug-likeness (QED) is 0.537. The summed E-state index contributed by atoms with van der Waals surface area (Å²) in [5.41, 5.74) is -0.728. The van der Waals surface area contributed by atoms with Crippen molar-refractivity contribution in [3.63, 3.8) is 0 Å². The largest absolute Gasteiger partial charge is 0.417 e. The molecule has 31 heavy (non-hydrogen) atoms. The molecule has 0 bridgehead atoms. The van der Waals surface area contributed by atoms with Crippen LogP contribution in [0.25, 0.3) is 0 Å². The highest BCUT2D eigenvalue weighted by Gasteiger charge is 2.39. The summed E-state index contributed by atoms with van der Waals surface area (Å²) >= 11 is 1.42. The highest BCUT2D eigenvalue weighted by atomic mass is 32.2. The molecule has 0 aliphatic rings. The lowest BCUT2D eigenvalue weighted by Crippen LogP contribution is -2.40. The van der Waals surface area contributed by atoms with E-state index in [-0.39, 0.29) is 13.1 Å². The Morgan fingerprint density at radius 3 is 2.29 bits per heavy atom. The van der Waals surface area contributed by atoms with Crippen LogP contribution < -0.4 is 5.32 Å². The lowest BCUT2D eigenvalue weighted by molar-refractivity contribution is -0.139. The third kappa shape index (κ3) is 5.93. The Morgan fingerprint density at radius 2 is 1.65 bits per heavy atom. The summed E-state index contributed by atoms with van der Waals surface area (Å²) in [6, 6.07) is 16.0. The van der Waals surface area contributed by atoms with Crippen LogP contribution in [0, 0.1) is 0 Å². The number of rotatable bonds is 8. The van der Waals surface area contributed by atoms with Crippen molar-refractivity contribution in [3.8, 4) is 0 Å². The summed E-state index contributed by atoms with van der Waals surface area (Å²) in [6.45, 7) is -0.661. The van der Waals surface area contributed by atoms with Crippen LogP contribution in [0.15, 0.2) is 77.0 Å². The molecule has 0 aliphatic carbocycles. The molecule has 0 aliphatic heterocycles. The first-order valence-corrected chi connectivity index (χ1v) is 11.5. The standard InChI is InChI=1S/C21H19F3N2O3S2/c22-21(23,24)18-10-4-5-11-19(18)31(28,29)26(14-16-7-2-1-3-8-16)15-20(27)25-13-17-9-6-12-30-17/h1-12H,13-15H2,(H,25,27). The Hall–Kier alpha value is -2.69. The predicted octanol–water partition coefficient (Wildman–Crippen LogP) is 4.27. The van der Waals surface area contributed by atoms with Crippen molar-refractivity contribution in [2.24, 2.45) is 0 Å². The molecule has 3 rings (SSSR count). The van der Waals surface area contributed by atoms with Gasteiger partial charge in [0.2, 0.25) is 15.9 Å². The number of nitrogens with zero attached hydrogens (tertiary/aromatic N) is 1. The van der Waals surface area contributed by atoms with Gasteiger partial charge in [0, 0.05) is 11.4 Å². The number of sulfonamides is 1. The molecule has 1 aromatic heterocycles. The monoisotopic (exact) mass is 468 g/mol. The van der Waals surface area contributed by atoms with Crippen molar-refractivity contribution in [2.45, 2.75) is 24.2 Å². The smallest absolute Gasteiger partial charge is 0.350 e. The lowest BCUT2D eigenvalue weighted by atomic mass is 10.2. The number of hydrogen-bond donors (Lipinski definition) is 1. The minimum atomic E-state index is -4.86. The van der Waals surface area contributed by atoms with Crippen LogP contribution in [0.1, 0.15) is 16.0 Å². The molecule has 0 atom stereocenters. The average molecular weight is 469 g/mol. The molecule has 1 amide bonds. The number of alkyl halides is 3. The van der Waals surface area contributed by atoms with Crippen LogP contribution in [-0.4, -0.2) is 25.2 Å². The van der Waals surface area contributed by atoms with Crippen LogP contribution in [0.4, 0.5) is 13.2 Å². The topological polar surface area (TPSA) is 66.5 Å². The fraction of sp³-hybridized carbons (Fsp3) is 0.190. The normalized spacial score (nSPS) is 12.1. The number of nitrogens with one attached hydrogen (secondary N) is 1. The Bertz CT molecular complexity index is 1120. The third-order valence-electron chi connectivity index (χ3n) is 4.37. The Morgan fingerprint density at radius 1 is 0.968 bits per heavy atom. The molecular formula is C21H19F3N2O3S2. The Kier molecular flexibility index (Phi) is 7.14. The van der Waals surface area contributed by atoms with Gasteiger partial charge in [0.05, 0.1) is 23.5 Å². The van der Waals surface area contributed by atoms with Crippen LogP contribution >= 0.6 is 11.3 Å². The van der Waals surface area contributed by atoms with Crippen LogP contribution in [0.5, 0.6) is 0 Å². The van der Waals surface area contributed by atoms with E-state index in [2.05, 4.69) is 5.32 Å². The maximum absolute atomic E-state index is 13.4. The van der Waals surface area contributed by atoms with E-state index < -0.39 is 39.1 Å². The second kappa shape index (κ2) is 9.63. The number of carbonyl (C=O) groups is 1. The molecule has 5 nitrogen and oxygen atoms in total. The molecule has 0 radical (unpaired) electrons. The number of carbonyl (C=O) groups excluding carboxylic acids is 1. The van der Waals surface area contributed by atoms with E-state index in [1.165, 1.54) is 17.4 Å². The summed E-state index contributed by atoms with van der Waals surface area (Å²) in [7, 11) is -4.63. The molecule has 0 fully saturated rings. The van der Waals surface area contributed by atoms with Gasteiger partial charge < -0.3 is 5.32 Å². The van der Waals surface area contributed by atoms with E-state index in [4.69, 9.17) is 0 Å². The van der Waals surface area contributed by atoms with Gasteiger partial charge in [-0.1, -0.05) is 48.5 Å². The van der Waals surface area contributed by atoms with Gasteiger partial charge in [-0.2, -0.15) is 17.5 Å². The van der Waals surface area contributed by atoms with Crippen LogP contribution in [0.2, 0.25) is 0 Å². The van der Waals surface area contributed by atoms with Crippen molar-refractivity contribution in [1.29, 1.82) is 0 Å². The molecule has 2 aromatic carbocycles. The number of amides is 1. The predicted molar refractivity (Wildman–Crippen MR) is 112 cm³/mol. The van der Waals surface area contributed by atoms with Gasteiger partial charge in [-0.15, -0.1) is 11.3 Å². The first-order chi connectivity index (χ1) is 14.7. The molecule has 0 saturated heterocycles. The van der Waals surface area contributed by atoms with Crippen molar-refractivity contribution in [1.82, 2.24) is 9.62 Å². The summed E-state index contributed by atoms with van der Waals surface area (Å²) in [5.74, 6) is -0.614. The molecule has 0 saturated carbocycles. The zero-order valence-electron chi connectivity index (χ0n) is 16.2. The highest BCUT2D eigenvalue weighted by molar-refractivity contribution is 7.89. The molecule has 3 aromatic rings. The van der Waals surface area contributed by atoms with Gasteiger partial charge in [-0.25, -0.2) is 8.42 Å². The van der Waals surface area contributed by atoms with Gasteiger partial charge in [-0.3, -0.25) is 4.79 Å². The summed E-state index contributed by atoms with van der Waals surface area (Å²) in [4.78, 5) is 12.4. The molecular weight excluding hydrogens is 449 g/mol. The molecule has 0 spiro atoms. The van der Waals surface area contributed by atoms with Gasteiger partial charge in [0.15, 0.2) is 0 Å². The number of benzene rings is 2. The number of thiophene rings is 1. The van der Waals surface area contributed by atoms with Gasteiger partial charge in [0.25, 0.3) is 0 Å². The first-order valence-electron chi connectivity index (χ1n) is 9.17. The van der Waals surface area contributed by atoms with Gasteiger partial charge in [0.1, 0.15) is 0 Å². The van der Waals surface area contributed by atoms with Crippen molar-refractivity contribution in [3.05, 3.63) is 88.1 Å². The number of halogens is 3. The minimum absolute atomic E-state index is 0.203. The Balaban J connectivity index is 1.91. The molecule has 10 heteroatoms. The average Bonchev–Trinajstić information content (AvgIpc) is 3.26. The van der Waals surface area contributed by atoms with E-state index in [1.54, 1.807) is 30.3 Å². The van der Waals surface area contributed by atoms with Crippen molar-refractivity contribution in [2.75, 3.05) is 6.54 Å². The molecule has 0 unspecified atom stereocenters. The zero-order chi connectivity index (χ0) is 22.5. The SMILES string of the molecule is O=C(CN(Cc1ccccc1)S(=O)(=O)c1ccccc1C(F)(F)F)NCc1cccs1. The Labute approximate surface area is 182 Å². The fourth-order valence-corrected chi connectivity index (χ4v) is 5.13. The molecule has 1 heterocycles. The van der Waals surface area contributed by atoms with Gasteiger partial charge >= 0.3 is 6.18 Å². The van der Waals surface area contributed by atoms with E-state index in [9.17, 15) is 26.4 Å². The van der Waals surface area contributed by atoms with E-state index >= 15 is 0 Å². The maximum atomic E-state index is 13.4. The summed E-state index contributed by atoms with van der Waals surface area (Å²) in [6.07, 6.45) is -4.86.